The fraction of sp³-hybridized carbons (Fsp3) is 0.200. The van der Waals surface area contributed by atoms with Gasteiger partial charge in [-0.3, -0.25) is 0 Å². The van der Waals surface area contributed by atoms with Gasteiger partial charge >= 0.3 is 29.6 Å². The van der Waals surface area contributed by atoms with E-state index in [1.165, 1.54) is 19.2 Å². The van der Waals surface area contributed by atoms with Gasteiger partial charge in [0.2, 0.25) is 0 Å². The summed E-state index contributed by atoms with van der Waals surface area (Å²) in [5.74, 6) is 0.0678. The first-order chi connectivity index (χ1) is 6.99. The van der Waals surface area contributed by atoms with E-state index in [1.807, 2.05) is 0 Å². The minimum atomic E-state index is -4.50. The summed E-state index contributed by atoms with van der Waals surface area (Å²) in [6, 6.07) is 4.43. The topological polar surface area (TPSA) is 66.4 Å². The van der Waals surface area contributed by atoms with Crippen molar-refractivity contribution in [3.8, 4) is 5.75 Å². The number of hydrogen-bond donors (Lipinski definition) is 0. The van der Waals surface area contributed by atoms with Crippen LogP contribution in [0.2, 0.25) is 0 Å². The maximum Gasteiger partial charge on any atom is 1.00 e. The van der Waals surface area contributed by atoms with Gasteiger partial charge < -0.3 is 9.29 Å². The van der Waals surface area contributed by atoms with Gasteiger partial charge in [0, 0.05) is 0 Å². The summed E-state index contributed by atoms with van der Waals surface area (Å²) in [5, 5.41) is 0. The smallest absolute Gasteiger partial charge is 0.744 e. The molecule has 0 saturated heterocycles. The zero-order valence-electron chi connectivity index (χ0n) is 9.43. The van der Waals surface area contributed by atoms with Crippen LogP contribution in [0.15, 0.2) is 29.2 Å². The van der Waals surface area contributed by atoms with Gasteiger partial charge in [-0.25, -0.2) is 8.42 Å². The third-order valence-corrected chi connectivity index (χ3v) is 2.67. The Morgan fingerprint density at radius 2 is 2.00 bits per heavy atom. The molecule has 0 aromatic heterocycles. The van der Waals surface area contributed by atoms with Gasteiger partial charge in [-0.1, -0.05) is 18.2 Å². The number of ether oxygens (including phenoxy) is 1. The number of rotatable bonds is 3. The second-order valence-electron chi connectivity index (χ2n) is 2.86. The summed E-state index contributed by atoms with van der Waals surface area (Å²) in [6.07, 6.45) is 3.46. The van der Waals surface area contributed by atoms with Gasteiger partial charge in [0.25, 0.3) is 0 Å². The Morgan fingerprint density at radius 3 is 2.44 bits per heavy atom. The van der Waals surface area contributed by atoms with Crippen LogP contribution < -0.4 is 34.3 Å². The van der Waals surface area contributed by atoms with Crippen LogP contribution in [0.3, 0.4) is 0 Å². The van der Waals surface area contributed by atoms with Crippen molar-refractivity contribution >= 4 is 16.2 Å². The summed E-state index contributed by atoms with van der Waals surface area (Å²) in [4.78, 5) is -0.333. The van der Waals surface area contributed by atoms with Crippen molar-refractivity contribution in [1.29, 1.82) is 0 Å². The number of hydrogen-bond acceptors (Lipinski definition) is 4. The Hall–Kier alpha value is -0.330. The van der Waals surface area contributed by atoms with Gasteiger partial charge in [0.15, 0.2) is 0 Å². The average Bonchev–Trinajstić information content (AvgIpc) is 2.17. The van der Waals surface area contributed by atoms with Crippen molar-refractivity contribution in [3.63, 3.8) is 0 Å². The molecule has 0 aliphatic rings. The van der Waals surface area contributed by atoms with Gasteiger partial charge in [0.1, 0.15) is 15.9 Å². The first-order valence-electron chi connectivity index (χ1n) is 4.25. The SMILES string of the molecule is CC=Cc1ccc(OC)c(S(=O)(=O)[O-])c1.[Na+]. The first kappa shape index (κ1) is 15.7. The van der Waals surface area contributed by atoms with Gasteiger partial charge in [0.05, 0.1) is 12.0 Å². The molecule has 16 heavy (non-hydrogen) atoms. The van der Waals surface area contributed by atoms with Gasteiger partial charge in [-0.05, 0) is 24.6 Å². The second-order valence-corrected chi connectivity index (χ2v) is 4.21. The van der Waals surface area contributed by atoms with Crippen molar-refractivity contribution in [2.24, 2.45) is 0 Å². The zero-order valence-corrected chi connectivity index (χ0v) is 12.2. The molecule has 0 atom stereocenters. The van der Waals surface area contributed by atoms with E-state index in [2.05, 4.69) is 0 Å². The van der Waals surface area contributed by atoms with E-state index in [4.69, 9.17) is 4.74 Å². The van der Waals surface area contributed by atoms with Crippen LogP contribution in [0, 0.1) is 0 Å². The van der Waals surface area contributed by atoms with E-state index in [1.54, 1.807) is 25.1 Å². The Kier molecular flexibility index (Phi) is 6.28. The number of methoxy groups -OCH3 is 1. The molecule has 0 aliphatic heterocycles. The van der Waals surface area contributed by atoms with E-state index < -0.39 is 10.1 Å². The van der Waals surface area contributed by atoms with Crippen LogP contribution in [0.1, 0.15) is 12.5 Å². The van der Waals surface area contributed by atoms with E-state index in [-0.39, 0.29) is 40.2 Å². The molecule has 0 N–H and O–H groups in total. The Labute approximate surface area is 117 Å². The monoisotopic (exact) mass is 250 g/mol. The summed E-state index contributed by atoms with van der Waals surface area (Å²) < 4.78 is 37.5. The largest absolute Gasteiger partial charge is 1.00 e. The van der Waals surface area contributed by atoms with Crippen LogP contribution >= 0.6 is 0 Å². The quantitative estimate of drug-likeness (QED) is 0.491. The predicted octanol–water partition coefficient (Wildman–Crippen LogP) is -1.36. The Balaban J connectivity index is 0.00000225. The van der Waals surface area contributed by atoms with Crippen molar-refractivity contribution in [2.75, 3.05) is 7.11 Å². The van der Waals surface area contributed by atoms with Crippen LogP contribution in [0.25, 0.3) is 6.08 Å². The van der Waals surface area contributed by atoms with E-state index >= 15 is 0 Å². The van der Waals surface area contributed by atoms with Crippen molar-refractivity contribution in [1.82, 2.24) is 0 Å². The minimum absolute atomic E-state index is 0. The summed E-state index contributed by atoms with van der Waals surface area (Å²) >= 11 is 0. The van der Waals surface area contributed by atoms with Crippen molar-refractivity contribution < 1.29 is 47.3 Å². The molecule has 1 aromatic carbocycles. The minimum Gasteiger partial charge on any atom is -0.744 e. The maximum atomic E-state index is 10.9. The van der Waals surface area contributed by atoms with Crippen molar-refractivity contribution in [3.05, 3.63) is 29.8 Å². The molecule has 82 valence electrons. The first-order valence-corrected chi connectivity index (χ1v) is 5.66. The zero-order chi connectivity index (χ0) is 11.5. The van der Waals surface area contributed by atoms with Crippen molar-refractivity contribution in [2.45, 2.75) is 11.8 Å². The molecular formula is C10H11NaO4S. The molecule has 1 rings (SSSR count). The second kappa shape index (κ2) is 6.42. The molecule has 1 aromatic rings. The molecule has 0 spiro atoms. The predicted molar refractivity (Wildman–Crippen MR) is 55.7 cm³/mol. The fourth-order valence-electron chi connectivity index (χ4n) is 1.18. The van der Waals surface area contributed by atoms with E-state index in [9.17, 15) is 13.0 Å². The molecule has 6 heteroatoms. The van der Waals surface area contributed by atoms with Crippen LogP contribution in [-0.4, -0.2) is 20.1 Å². The third-order valence-electron chi connectivity index (χ3n) is 1.82. The van der Waals surface area contributed by atoms with Crippen LogP contribution in [0.4, 0.5) is 0 Å². The summed E-state index contributed by atoms with van der Waals surface area (Å²) in [6.45, 7) is 1.80. The number of benzene rings is 1. The van der Waals surface area contributed by atoms with E-state index in [0.717, 1.165) is 0 Å². The summed E-state index contributed by atoms with van der Waals surface area (Å²) in [5.41, 5.74) is 0.646. The average molecular weight is 250 g/mol. The fourth-order valence-corrected chi connectivity index (χ4v) is 1.86. The third kappa shape index (κ3) is 3.92. The standard InChI is InChI=1S/C10H12O4S.Na/c1-3-4-8-5-6-9(14-2)10(7-8)15(11,12)13;/h3-7H,1-2H3,(H,11,12,13);/q;+1/p-1. The molecule has 0 unspecified atom stereocenters. The Bertz CT molecular complexity index is 480. The molecule has 0 saturated carbocycles. The van der Waals surface area contributed by atoms with E-state index in [0.29, 0.717) is 5.56 Å². The molecule has 0 heterocycles. The normalized spacial score (nSPS) is 11.2. The molecule has 0 fully saturated rings. The molecule has 0 radical (unpaired) electrons. The molecule has 0 aliphatic carbocycles. The summed E-state index contributed by atoms with van der Waals surface area (Å²) in [7, 11) is -3.18. The molecule has 0 amide bonds. The number of allylic oxidation sites excluding steroid dienone is 1. The molecule has 0 bridgehead atoms. The maximum absolute atomic E-state index is 10.9. The molecule has 4 nitrogen and oxygen atoms in total. The van der Waals surface area contributed by atoms with Crippen LogP contribution in [0.5, 0.6) is 5.75 Å². The Morgan fingerprint density at radius 1 is 1.38 bits per heavy atom. The molecular weight excluding hydrogens is 239 g/mol. The van der Waals surface area contributed by atoms with Gasteiger partial charge in [-0.2, -0.15) is 0 Å². The van der Waals surface area contributed by atoms with Crippen LogP contribution in [-0.2, 0) is 10.1 Å². The van der Waals surface area contributed by atoms with Gasteiger partial charge in [-0.15, -0.1) is 0 Å².